The molecule has 0 bridgehead atoms. The van der Waals surface area contributed by atoms with Crippen LogP contribution >= 0.6 is 0 Å². The van der Waals surface area contributed by atoms with Crippen molar-refractivity contribution in [2.45, 2.75) is 55.9 Å². The molecule has 28 heavy (non-hydrogen) atoms. The van der Waals surface area contributed by atoms with Gasteiger partial charge >= 0.3 is 6.03 Å². The Morgan fingerprint density at radius 3 is 2.46 bits per heavy atom. The zero-order valence-corrected chi connectivity index (χ0v) is 16.8. The number of piperidine rings is 1. The molecule has 2 fully saturated rings. The molecule has 1 aliphatic carbocycles. The first-order chi connectivity index (χ1) is 13.4. The van der Waals surface area contributed by atoms with Crippen LogP contribution in [0.3, 0.4) is 0 Å². The highest BCUT2D eigenvalue weighted by Crippen LogP contribution is 2.22. The smallest absolute Gasteiger partial charge is 0.321 e. The summed E-state index contributed by atoms with van der Waals surface area (Å²) in [5, 5.41) is 7.97. The summed E-state index contributed by atoms with van der Waals surface area (Å²) < 4.78 is 27.0. The molecule has 154 valence electrons. The molecular formula is C19H28N4O4S. The van der Waals surface area contributed by atoms with Crippen LogP contribution in [0.2, 0.25) is 0 Å². The second kappa shape index (κ2) is 9.38. The molecule has 0 atom stereocenters. The van der Waals surface area contributed by atoms with Crippen molar-refractivity contribution in [2.75, 3.05) is 25.0 Å². The van der Waals surface area contributed by atoms with Gasteiger partial charge in [0.1, 0.15) is 0 Å². The fraction of sp³-hybridized carbons (Fsp3) is 0.579. The quantitative estimate of drug-likeness (QED) is 0.668. The number of imide groups is 1. The van der Waals surface area contributed by atoms with Gasteiger partial charge in [-0.3, -0.25) is 10.1 Å². The summed E-state index contributed by atoms with van der Waals surface area (Å²) in [6.45, 7) is 0.961. The van der Waals surface area contributed by atoms with Gasteiger partial charge in [0.2, 0.25) is 15.9 Å². The van der Waals surface area contributed by atoms with Gasteiger partial charge in [-0.2, -0.15) is 4.31 Å². The minimum atomic E-state index is -3.53. The van der Waals surface area contributed by atoms with Crippen LogP contribution in [0, 0.1) is 0 Å². The van der Waals surface area contributed by atoms with Crippen molar-refractivity contribution in [3.8, 4) is 0 Å². The predicted molar refractivity (Wildman–Crippen MR) is 106 cm³/mol. The lowest BCUT2D eigenvalue weighted by Crippen LogP contribution is -2.45. The normalized spacial score (nSPS) is 18.6. The van der Waals surface area contributed by atoms with Crippen LogP contribution in [-0.4, -0.2) is 50.3 Å². The molecule has 0 radical (unpaired) electrons. The Labute approximate surface area is 166 Å². The molecule has 3 rings (SSSR count). The largest absolute Gasteiger partial charge is 0.376 e. The summed E-state index contributed by atoms with van der Waals surface area (Å²) in [5.74, 6) is -0.472. The van der Waals surface area contributed by atoms with E-state index in [9.17, 15) is 18.0 Å². The van der Waals surface area contributed by atoms with E-state index in [1.54, 1.807) is 18.2 Å². The molecule has 8 nitrogen and oxygen atoms in total. The van der Waals surface area contributed by atoms with Crippen molar-refractivity contribution in [3.63, 3.8) is 0 Å². The minimum absolute atomic E-state index is 0.120. The van der Waals surface area contributed by atoms with E-state index in [2.05, 4.69) is 16.0 Å². The van der Waals surface area contributed by atoms with Crippen molar-refractivity contribution < 1.29 is 18.0 Å². The Morgan fingerprint density at radius 1 is 1.04 bits per heavy atom. The van der Waals surface area contributed by atoms with E-state index in [-0.39, 0.29) is 17.5 Å². The molecule has 1 aromatic carbocycles. The number of benzene rings is 1. The SMILES string of the molecule is O=C(CNc1cccc(S(=O)(=O)N2CCCCC2)c1)NC(=O)NC1CCCC1. The van der Waals surface area contributed by atoms with Crippen LogP contribution in [0.25, 0.3) is 0 Å². The Bertz CT molecular complexity index is 800. The van der Waals surface area contributed by atoms with Gasteiger partial charge in [-0.25, -0.2) is 13.2 Å². The number of carbonyl (C=O) groups excluding carboxylic acids is 2. The van der Waals surface area contributed by atoms with Gasteiger partial charge in [-0.05, 0) is 43.9 Å². The zero-order chi connectivity index (χ0) is 20.0. The van der Waals surface area contributed by atoms with Gasteiger partial charge in [0.15, 0.2) is 0 Å². The molecule has 2 aliphatic rings. The molecule has 0 unspecified atom stereocenters. The number of nitrogens with zero attached hydrogens (tertiary/aromatic N) is 1. The van der Waals surface area contributed by atoms with Gasteiger partial charge in [-0.1, -0.05) is 25.3 Å². The molecule has 0 spiro atoms. The number of nitrogens with one attached hydrogen (secondary N) is 3. The average molecular weight is 409 g/mol. The lowest BCUT2D eigenvalue weighted by atomic mass is 10.2. The number of urea groups is 1. The predicted octanol–water partition coefficient (Wildman–Crippen LogP) is 2.04. The minimum Gasteiger partial charge on any atom is -0.376 e. The van der Waals surface area contributed by atoms with E-state index >= 15 is 0 Å². The average Bonchev–Trinajstić information content (AvgIpc) is 3.20. The molecule has 3 N–H and O–H groups in total. The Hall–Kier alpha value is -2.13. The molecule has 9 heteroatoms. The zero-order valence-electron chi connectivity index (χ0n) is 15.9. The molecule has 1 aliphatic heterocycles. The second-order valence-corrected chi connectivity index (χ2v) is 9.29. The molecular weight excluding hydrogens is 380 g/mol. The Morgan fingerprint density at radius 2 is 1.75 bits per heavy atom. The number of amides is 3. The fourth-order valence-corrected chi connectivity index (χ4v) is 5.23. The van der Waals surface area contributed by atoms with Gasteiger partial charge in [0.05, 0.1) is 11.4 Å². The number of hydrogen-bond donors (Lipinski definition) is 3. The summed E-state index contributed by atoms with van der Waals surface area (Å²) in [4.78, 5) is 24.0. The molecule has 3 amide bonds. The van der Waals surface area contributed by atoms with Crippen molar-refractivity contribution >= 4 is 27.6 Å². The molecule has 1 saturated heterocycles. The van der Waals surface area contributed by atoms with E-state index in [4.69, 9.17) is 0 Å². The maximum absolute atomic E-state index is 12.8. The number of carbonyl (C=O) groups is 2. The van der Waals surface area contributed by atoms with E-state index in [1.165, 1.54) is 10.4 Å². The highest BCUT2D eigenvalue weighted by Gasteiger charge is 2.26. The highest BCUT2D eigenvalue weighted by atomic mass is 32.2. The Kier molecular flexibility index (Phi) is 6.90. The van der Waals surface area contributed by atoms with Crippen LogP contribution < -0.4 is 16.0 Å². The summed E-state index contributed by atoms with van der Waals surface area (Å²) in [5.41, 5.74) is 0.518. The van der Waals surface area contributed by atoms with Gasteiger partial charge < -0.3 is 10.6 Å². The van der Waals surface area contributed by atoms with E-state index < -0.39 is 22.0 Å². The van der Waals surface area contributed by atoms with Crippen LogP contribution in [0.1, 0.15) is 44.9 Å². The number of rotatable bonds is 6. The van der Waals surface area contributed by atoms with Crippen LogP contribution in [0.4, 0.5) is 10.5 Å². The first-order valence-electron chi connectivity index (χ1n) is 9.89. The topological polar surface area (TPSA) is 108 Å². The third-order valence-electron chi connectivity index (χ3n) is 5.18. The third-order valence-corrected chi connectivity index (χ3v) is 7.08. The van der Waals surface area contributed by atoms with E-state index in [0.717, 1.165) is 44.9 Å². The fourth-order valence-electron chi connectivity index (χ4n) is 3.67. The first-order valence-corrected chi connectivity index (χ1v) is 11.3. The van der Waals surface area contributed by atoms with Gasteiger partial charge in [0, 0.05) is 24.8 Å². The summed E-state index contributed by atoms with van der Waals surface area (Å²) in [6, 6.07) is 6.07. The van der Waals surface area contributed by atoms with Crippen molar-refractivity contribution in [1.82, 2.24) is 14.9 Å². The summed E-state index contributed by atoms with van der Waals surface area (Å²) >= 11 is 0. The lowest BCUT2D eigenvalue weighted by molar-refractivity contribution is -0.118. The van der Waals surface area contributed by atoms with Gasteiger partial charge in [-0.15, -0.1) is 0 Å². The molecule has 0 aromatic heterocycles. The van der Waals surface area contributed by atoms with Crippen LogP contribution in [0.15, 0.2) is 29.2 Å². The first kappa shape index (κ1) is 20.6. The number of anilines is 1. The van der Waals surface area contributed by atoms with Crippen LogP contribution in [0.5, 0.6) is 0 Å². The number of hydrogen-bond acceptors (Lipinski definition) is 5. The maximum atomic E-state index is 12.8. The lowest BCUT2D eigenvalue weighted by Gasteiger charge is -2.26. The Balaban J connectivity index is 1.52. The van der Waals surface area contributed by atoms with Crippen molar-refractivity contribution in [1.29, 1.82) is 0 Å². The van der Waals surface area contributed by atoms with Crippen LogP contribution in [-0.2, 0) is 14.8 Å². The third kappa shape index (κ3) is 5.45. The molecule has 1 heterocycles. The standard InChI is InChI=1S/C19H28N4O4S/c24-18(22-19(25)21-15-7-2-3-8-15)14-20-16-9-6-10-17(13-16)28(26,27)23-11-4-1-5-12-23/h6,9-10,13,15,20H,1-5,7-8,11-12,14H2,(H2,21,22,24,25). The van der Waals surface area contributed by atoms with Gasteiger partial charge in [0.25, 0.3) is 0 Å². The second-order valence-electron chi connectivity index (χ2n) is 7.35. The summed E-state index contributed by atoms with van der Waals surface area (Å²) in [6.07, 6.45) is 6.88. The highest BCUT2D eigenvalue weighted by molar-refractivity contribution is 7.89. The van der Waals surface area contributed by atoms with E-state index in [1.807, 2.05) is 0 Å². The van der Waals surface area contributed by atoms with E-state index in [0.29, 0.717) is 18.8 Å². The number of sulfonamides is 1. The van der Waals surface area contributed by atoms with Crippen molar-refractivity contribution in [2.24, 2.45) is 0 Å². The monoisotopic (exact) mass is 408 g/mol. The van der Waals surface area contributed by atoms with Crippen molar-refractivity contribution in [3.05, 3.63) is 24.3 Å². The molecule has 1 aromatic rings. The summed E-state index contributed by atoms with van der Waals surface area (Å²) in [7, 11) is -3.53. The maximum Gasteiger partial charge on any atom is 0.321 e. The molecule has 1 saturated carbocycles.